The Labute approximate surface area is 114 Å². The number of hydrogen-bond donors (Lipinski definition) is 2. The highest BCUT2D eigenvalue weighted by Gasteiger charge is 2.27. The maximum Gasteiger partial charge on any atom is 0.317 e. The van der Waals surface area contributed by atoms with Crippen LogP contribution in [0.25, 0.3) is 0 Å². The molecule has 6 nitrogen and oxygen atoms in total. The number of nitrogens with one attached hydrogen (secondary N) is 1. The number of morpholine rings is 1. The van der Waals surface area contributed by atoms with E-state index in [1.54, 1.807) is 4.90 Å². The molecule has 1 saturated heterocycles. The Balaban J connectivity index is 2.46. The summed E-state index contributed by atoms with van der Waals surface area (Å²) in [6.45, 7) is 7.44. The maximum absolute atomic E-state index is 12.1. The minimum Gasteiger partial charge on any atom is -0.481 e. The van der Waals surface area contributed by atoms with Crippen molar-refractivity contribution in [1.29, 1.82) is 0 Å². The Kier molecular flexibility index (Phi) is 5.60. The number of carboxylic acid groups (broad SMARTS) is 1. The van der Waals surface area contributed by atoms with Crippen LogP contribution in [0.1, 0.15) is 40.0 Å². The van der Waals surface area contributed by atoms with Gasteiger partial charge in [-0.3, -0.25) is 4.79 Å². The van der Waals surface area contributed by atoms with Gasteiger partial charge in [0.05, 0.1) is 12.7 Å². The normalized spacial score (nSPS) is 20.2. The number of urea groups is 1. The monoisotopic (exact) mass is 272 g/mol. The SMILES string of the molecule is CCC1CN(C(=O)NC(C)(C)CCC(=O)O)CCO1. The van der Waals surface area contributed by atoms with Crippen molar-refractivity contribution < 1.29 is 19.4 Å². The van der Waals surface area contributed by atoms with Gasteiger partial charge in [-0.2, -0.15) is 0 Å². The van der Waals surface area contributed by atoms with Crippen molar-refractivity contribution in [2.75, 3.05) is 19.7 Å². The maximum atomic E-state index is 12.1. The highest BCUT2D eigenvalue weighted by Crippen LogP contribution is 2.14. The van der Waals surface area contributed by atoms with Crippen LogP contribution in [0.3, 0.4) is 0 Å². The van der Waals surface area contributed by atoms with Crippen molar-refractivity contribution >= 4 is 12.0 Å². The Morgan fingerprint density at radius 3 is 2.74 bits per heavy atom. The molecule has 1 heterocycles. The molecule has 2 amide bonds. The fourth-order valence-corrected chi connectivity index (χ4v) is 2.00. The summed E-state index contributed by atoms with van der Waals surface area (Å²) < 4.78 is 5.52. The summed E-state index contributed by atoms with van der Waals surface area (Å²) >= 11 is 0. The van der Waals surface area contributed by atoms with Crippen molar-refractivity contribution in [1.82, 2.24) is 10.2 Å². The molecule has 0 aromatic rings. The highest BCUT2D eigenvalue weighted by molar-refractivity contribution is 5.75. The quantitative estimate of drug-likeness (QED) is 0.794. The standard InChI is InChI=1S/C13H24N2O4/c1-4-10-9-15(7-8-19-10)12(18)14-13(2,3)6-5-11(16)17/h10H,4-9H2,1-3H3,(H,14,18)(H,16,17). The Bertz CT molecular complexity index is 331. The molecule has 0 saturated carbocycles. The second kappa shape index (κ2) is 6.75. The summed E-state index contributed by atoms with van der Waals surface area (Å²) in [5.74, 6) is -0.847. The van der Waals surface area contributed by atoms with Crippen molar-refractivity contribution in [2.24, 2.45) is 0 Å². The third kappa shape index (κ3) is 5.46. The largest absolute Gasteiger partial charge is 0.481 e. The molecule has 1 rings (SSSR count). The second-order valence-corrected chi connectivity index (χ2v) is 5.55. The first-order chi connectivity index (χ1) is 8.84. The van der Waals surface area contributed by atoms with E-state index in [-0.39, 0.29) is 18.6 Å². The average Bonchev–Trinajstić information content (AvgIpc) is 2.36. The molecule has 0 bridgehead atoms. The lowest BCUT2D eigenvalue weighted by molar-refractivity contribution is -0.137. The van der Waals surface area contributed by atoms with E-state index in [2.05, 4.69) is 5.32 Å². The van der Waals surface area contributed by atoms with Gasteiger partial charge in [0.2, 0.25) is 0 Å². The minimum atomic E-state index is -0.847. The van der Waals surface area contributed by atoms with Crippen LogP contribution >= 0.6 is 0 Å². The number of carbonyl (C=O) groups is 2. The molecule has 0 aromatic heterocycles. The minimum absolute atomic E-state index is 0.0496. The van der Waals surface area contributed by atoms with Crippen LogP contribution in [0.5, 0.6) is 0 Å². The number of carboxylic acids is 1. The molecule has 6 heteroatoms. The van der Waals surface area contributed by atoms with Gasteiger partial charge in [0.15, 0.2) is 0 Å². The Morgan fingerprint density at radius 1 is 1.47 bits per heavy atom. The first-order valence-electron chi connectivity index (χ1n) is 6.74. The predicted octanol–water partition coefficient (Wildman–Crippen LogP) is 1.45. The van der Waals surface area contributed by atoms with Crippen LogP contribution < -0.4 is 5.32 Å². The molecule has 1 aliphatic heterocycles. The lowest BCUT2D eigenvalue weighted by Gasteiger charge is -2.35. The zero-order valence-electron chi connectivity index (χ0n) is 11.9. The molecule has 2 N–H and O–H groups in total. The zero-order valence-corrected chi connectivity index (χ0v) is 11.9. The molecular weight excluding hydrogens is 248 g/mol. The van der Waals surface area contributed by atoms with E-state index >= 15 is 0 Å². The molecule has 1 atom stereocenters. The number of hydrogen-bond acceptors (Lipinski definition) is 3. The van der Waals surface area contributed by atoms with Gasteiger partial charge in [0, 0.05) is 25.0 Å². The number of rotatable bonds is 5. The van der Waals surface area contributed by atoms with Crippen LogP contribution in [-0.4, -0.2) is 53.3 Å². The molecule has 1 unspecified atom stereocenters. The van der Waals surface area contributed by atoms with E-state index in [1.165, 1.54) is 0 Å². The van der Waals surface area contributed by atoms with Crippen LogP contribution in [0.4, 0.5) is 4.79 Å². The third-order valence-corrected chi connectivity index (χ3v) is 3.29. The summed E-state index contributed by atoms with van der Waals surface area (Å²) in [6, 6.07) is -0.142. The third-order valence-electron chi connectivity index (χ3n) is 3.29. The van der Waals surface area contributed by atoms with Gasteiger partial charge >= 0.3 is 12.0 Å². The lowest BCUT2D eigenvalue weighted by Crippen LogP contribution is -2.54. The van der Waals surface area contributed by atoms with Gasteiger partial charge in [-0.15, -0.1) is 0 Å². The molecule has 0 aliphatic carbocycles. The lowest BCUT2D eigenvalue weighted by atomic mass is 9.99. The Hall–Kier alpha value is -1.30. The number of nitrogens with zero attached hydrogens (tertiary/aromatic N) is 1. The zero-order chi connectivity index (χ0) is 14.5. The molecule has 0 radical (unpaired) electrons. The van der Waals surface area contributed by atoms with Gasteiger partial charge < -0.3 is 20.1 Å². The van der Waals surface area contributed by atoms with Crippen molar-refractivity contribution in [3.63, 3.8) is 0 Å². The van der Waals surface area contributed by atoms with E-state index in [9.17, 15) is 9.59 Å². The van der Waals surface area contributed by atoms with E-state index in [0.717, 1.165) is 6.42 Å². The molecule has 1 aliphatic rings. The number of aliphatic carboxylic acids is 1. The van der Waals surface area contributed by atoms with Crippen molar-refractivity contribution in [3.05, 3.63) is 0 Å². The summed E-state index contributed by atoms with van der Waals surface area (Å²) in [6.07, 6.45) is 1.44. The van der Waals surface area contributed by atoms with Crippen molar-refractivity contribution in [3.8, 4) is 0 Å². The summed E-state index contributed by atoms with van der Waals surface area (Å²) in [7, 11) is 0. The van der Waals surface area contributed by atoms with Crippen LogP contribution in [0, 0.1) is 0 Å². The molecule has 19 heavy (non-hydrogen) atoms. The topological polar surface area (TPSA) is 78.9 Å². The van der Waals surface area contributed by atoms with Crippen molar-refractivity contribution in [2.45, 2.75) is 51.7 Å². The smallest absolute Gasteiger partial charge is 0.317 e. The van der Waals surface area contributed by atoms with Crippen LogP contribution in [0.2, 0.25) is 0 Å². The van der Waals surface area contributed by atoms with Crippen LogP contribution in [0.15, 0.2) is 0 Å². The van der Waals surface area contributed by atoms with Gasteiger partial charge in [-0.1, -0.05) is 6.92 Å². The summed E-state index contributed by atoms with van der Waals surface area (Å²) in [4.78, 5) is 24.4. The fourth-order valence-electron chi connectivity index (χ4n) is 2.00. The summed E-state index contributed by atoms with van der Waals surface area (Å²) in [5.41, 5.74) is -0.518. The fraction of sp³-hybridized carbons (Fsp3) is 0.846. The molecule has 110 valence electrons. The van der Waals surface area contributed by atoms with E-state index in [4.69, 9.17) is 9.84 Å². The highest BCUT2D eigenvalue weighted by atomic mass is 16.5. The van der Waals surface area contributed by atoms with Gasteiger partial charge in [-0.05, 0) is 26.7 Å². The number of carbonyl (C=O) groups excluding carboxylic acids is 1. The summed E-state index contributed by atoms with van der Waals surface area (Å²) in [5, 5.41) is 11.6. The van der Waals surface area contributed by atoms with E-state index < -0.39 is 11.5 Å². The van der Waals surface area contributed by atoms with E-state index in [1.807, 2.05) is 20.8 Å². The number of ether oxygens (including phenoxy) is 1. The second-order valence-electron chi connectivity index (χ2n) is 5.55. The van der Waals surface area contributed by atoms with Crippen LogP contribution in [-0.2, 0) is 9.53 Å². The molecule has 1 fully saturated rings. The first kappa shape index (κ1) is 15.8. The number of amides is 2. The average molecular weight is 272 g/mol. The molecule has 0 spiro atoms. The van der Waals surface area contributed by atoms with Gasteiger partial charge in [0.1, 0.15) is 0 Å². The molecule has 0 aromatic carbocycles. The Morgan fingerprint density at radius 2 is 2.16 bits per heavy atom. The van der Waals surface area contributed by atoms with Gasteiger partial charge in [-0.25, -0.2) is 4.79 Å². The van der Waals surface area contributed by atoms with Gasteiger partial charge in [0.25, 0.3) is 0 Å². The van der Waals surface area contributed by atoms with E-state index in [0.29, 0.717) is 26.1 Å². The first-order valence-corrected chi connectivity index (χ1v) is 6.74. The predicted molar refractivity (Wildman–Crippen MR) is 71.1 cm³/mol. The molecular formula is C13H24N2O4.